The average Bonchev–Trinajstić information content (AvgIpc) is 1.66. The molecule has 0 bridgehead atoms. The lowest BCUT2D eigenvalue weighted by molar-refractivity contribution is 0.887. The van der Waals surface area contributed by atoms with Crippen LogP contribution in [-0.2, 0) is 0 Å². The van der Waals surface area contributed by atoms with Gasteiger partial charge in [-0.3, -0.25) is 0 Å². The van der Waals surface area contributed by atoms with Gasteiger partial charge in [0.2, 0.25) is 0 Å². The Bertz CT molecular complexity index is 45.8. The van der Waals surface area contributed by atoms with Crippen molar-refractivity contribution in [3.05, 3.63) is 0 Å². The maximum atomic E-state index is 4.14. The van der Waals surface area contributed by atoms with E-state index in [4.69, 9.17) is 0 Å². The molecule has 0 unspecified atom stereocenters. The van der Waals surface area contributed by atoms with Gasteiger partial charge < -0.3 is 0 Å². The molecule has 0 saturated heterocycles. The van der Waals surface area contributed by atoms with Gasteiger partial charge in [0.1, 0.15) is 0 Å². The topological polar surface area (TPSA) is 0 Å². The Morgan fingerprint density at radius 2 is 1.88 bits per heavy atom. The molecule has 0 heterocycles. The molecule has 0 rings (SSSR count). The van der Waals surface area contributed by atoms with E-state index < -0.39 is 0 Å². The molecular formula is C6H16SSi. The summed E-state index contributed by atoms with van der Waals surface area (Å²) in [5, 5.41) is 0. The minimum atomic E-state index is -0.236. The molecule has 0 aromatic rings. The molecule has 0 aliphatic heterocycles. The number of hydrogen-bond donors (Lipinski definition) is 1. The van der Waals surface area contributed by atoms with Crippen molar-refractivity contribution < 1.29 is 0 Å². The van der Waals surface area contributed by atoms with Crippen molar-refractivity contribution in [2.45, 2.75) is 32.0 Å². The maximum absolute atomic E-state index is 4.14. The van der Waals surface area contributed by atoms with Crippen molar-refractivity contribution in [3.63, 3.8) is 0 Å². The van der Waals surface area contributed by atoms with E-state index in [0.29, 0.717) is 0 Å². The summed E-state index contributed by atoms with van der Waals surface area (Å²) < 4.78 is 0. The van der Waals surface area contributed by atoms with Gasteiger partial charge in [0.15, 0.2) is 0 Å². The smallest absolute Gasteiger partial charge is 0.0305 e. The van der Waals surface area contributed by atoms with Gasteiger partial charge in [0, 0.05) is 8.80 Å². The van der Waals surface area contributed by atoms with Crippen molar-refractivity contribution in [1.82, 2.24) is 0 Å². The van der Waals surface area contributed by atoms with Gasteiger partial charge in [-0.1, -0.05) is 25.6 Å². The highest BCUT2D eigenvalue weighted by molar-refractivity contribution is 7.80. The van der Waals surface area contributed by atoms with Crippen LogP contribution in [0.15, 0.2) is 0 Å². The zero-order chi connectivity index (χ0) is 6.41. The predicted octanol–water partition coefficient (Wildman–Crippen LogP) is 2.18. The SMILES string of the molecule is C[SiH](C)CCCCS. The number of rotatable bonds is 4. The fraction of sp³-hybridized carbons (Fsp3) is 1.00. The van der Waals surface area contributed by atoms with Crippen LogP contribution in [0.1, 0.15) is 12.8 Å². The largest absolute Gasteiger partial charge is 0.179 e. The second kappa shape index (κ2) is 5.70. The summed E-state index contributed by atoms with van der Waals surface area (Å²) >= 11 is 4.14. The van der Waals surface area contributed by atoms with Gasteiger partial charge in [-0.05, 0) is 12.2 Å². The third-order valence-corrected chi connectivity index (χ3v) is 3.07. The van der Waals surface area contributed by atoms with E-state index in [1.54, 1.807) is 0 Å². The fourth-order valence-corrected chi connectivity index (χ4v) is 1.99. The van der Waals surface area contributed by atoms with Crippen LogP contribution in [0, 0.1) is 0 Å². The Kier molecular flexibility index (Phi) is 6.10. The zero-order valence-corrected chi connectivity index (χ0v) is 7.90. The summed E-state index contributed by atoms with van der Waals surface area (Å²) in [6.45, 7) is 4.80. The van der Waals surface area contributed by atoms with E-state index in [1.807, 2.05) is 0 Å². The first-order valence-corrected chi connectivity index (χ1v) is 7.14. The minimum Gasteiger partial charge on any atom is -0.179 e. The summed E-state index contributed by atoms with van der Waals surface area (Å²) in [6, 6.07) is 1.50. The van der Waals surface area contributed by atoms with Crippen LogP contribution in [0.5, 0.6) is 0 Å². The molecule has 0 aromatic heterocycles. The summed E-state index contributed by atoms with van der Waals surface area (Å²) in [4.78, 5) is 0. The lowest BCUT2D eigenvalue weighted by Crippen LogP contribution is -1.97. The zero-order valence-electron chi connectivity index (χ0n) is 5.85. The number of unbranched alkanes of at least 4 members (excludes halogenated alkanes) is 1. The second-order valence-corrected chi connectivity index (χ2v) is 6.43. The Morgan fingerprint density at radius 1 is 1.25 bits per heavy atom. The number of hydrogen-bond acceptors (Lipinski definition) is 1. The van der Waals surface area contributed by atoms with E-state index >= 15 is 0 Å². The first-order chi connectivity index (χ1) is 3.77. The van der Waals surface area contributed by atoms with Crippen molar-refractivity contribution in [2.24, 2.45) is 0 Å². The van der Waals surface area contributed by atoms with Gasteiger partial charge in [-0.15, -0.1) is 0 Å². The molecule has 8 heavy (non-hydrogen) atoms. The van der Waals surface area contributed by atoms with E-state index in [0.717, 1.165) is 5.75 Å². The van der Waals surface area contributed by atoms with Crippen LogP contribution in [0.25, 0.3) is 0 Å². The molecule has 0 amide bonds. The summed E-state index contributed by atoms with van der Waals surface area (Å²) in [5.74, 6) is 1.07. The summed E-state index contributed by atoms with van der Waals surface area (Å²) in [7, 11) is -0.236. The van der Waals surface area contributed by atoms with Crippen LogP contribution in [-0.4, -0.2) is 14.5 Å². The molecule has 0 aliphatic rings. The Morgan fingerprint density at radius 3 is 2.25 bits per heavy atom. The highest BCUT2D eigenvalue weighted by Gasteiger charge is 1.92. The maximum Gasteiger partial charge on any atom is 0.0305 e. The molecule has 0 atom stereocenters. The van der Waals surface area contributed by atoms with Gasteiger partial charge in [0.25, 0.3) is 0 Å². The van der Waals surface area contributed by atoms with Crippen LogP contribution >= 0.6 is 12.6 Å². The normalized spacial score (nSPS) is 10.5. The van der Waals surface area contributed by atoms with Crippen LogP contribution in [0.2, 0.25) is 19.1 Å². The van der Waals surface area contributed by atoms with E-state index in [2.05, 4.69) is 25.7 Å². The molecule has 0 saturated carbocycles. The molecule has 0 fully saturated rings. The van der Waals surface area contributed by atoms with Crippen LogP contribution in [0.4, 0.5) is 0 Å². The van der Waals surface area contributed by atoms with Gasteiger partial charge in [0.05, 0.1) is 0 Å². The summed E-state index contributed by atoms with van der Waals surface area (Å²) in [5.41, 5.74) is 0. The minimum absolute atomic E-state index is 0.236. The average molecular weight is 148 g/mol. The van der Waals surface area contributed by atoms with E-state index in [9.17, 15) is 0 Å². The lowest BCUT2D eigenvalue weighted by Gasteiger charge is -1.98. The van der Waals surface area contributed by atoms with Gasteiger partial charge in [-0.25, -0.2) is 0 Å². The first-order valence-electron chi connectivity index (χ1n) is 3.38. The molecule has 0 N–H and O–H groups in total. The van der Waals surface area contributed by atoms with Crippen molar-refractivity contribution >= 4 is 21.4 Å². The van der Waals surface area contributed by atoms with Crippen molar-refractivity contribution in [1.29, 1.82) is 0 Å². The number of thiol groups is 1. The van der Waals surface area contributed by atoms with E-state index in [1.165, 1.54) is 18.9 Å². The Balaban J connectivity index is 2.72. The molecule has 0 aromatic carbocycles. The molecular weight excluding hydrogens is 132 g/mol. The molecule has 0 aliphatic carbocycles. The Labute approximate surface area is 59.7 Å². The highest BCUT2D eigenvalue weighted by atomic mass is 32.1. The first kappa shape index (κ1) is 8.57. The molecule has 2 heteroatoms. The second-order valence-electron chi connectivity index (χ2n) is 2.61. The fourth-order valence-electron chi connectivity index (χ4n) is 0.664. The van der Waals surface area contributed by atoms with Gasteiger partial charge in [-0.2, -0.15) is 12.6 Å². The van der Waals surface area contributed by atoms with Crippen molar-refractivity contribution in [3.8, 4) is 0 Å². The van der Waals surface area contributed by atoms with E-state index in [-0.39, 0.29) is 8.80 Å². The predicted molar refractivity (Wildman–Crippen MR) is 46.8 cm³/mol. The third-order valence-electron chi connectivity index (χ3n) is 1.19. The quantitative estimate of drug-likeness (QED) is 0.353. The molecule has 0 nitrogen and oxygen atoms in total. The van der Waals surface area contributed by atoms with Gasteiger partial charge >= 0.3 is 0 Å². The highest BCUT2D eigenvalue weighted by Crippen LogP contribution is 2.01. The van der Waals surface area contributed by atoms with Crippen molar-refractivity contribution in [2.75, 3.05) is 5.75 Å². The molecule has 50 valence electrons. The Hall–Kier alpha value is 0.567. The lowest BCUT2D eigenvalue weighted by atomic mass is 10.4. The monoisotopic (exact) mass is 148 g/mol. The van der Waals surface area contributed by atoms with Crippen LogP contribution < -0.4 is 0 Å². The summed E-state index contributed by atoms with van der Waals surface area (Å²) in [6.07, 6.45) is 2.72. The third kappa shape index (κ3) is 6.57. The van der Waals surface area contributed by atoms with Crippen LogP contribution in [0.3, 0.4) is 0 Å². The molecule has 0 radical (unpaired) electrons. The molecule has 0 spiro atoms. The standard InChI is InChI=1S/C6H16SSi/c1-8(2)6-4-3-5-7/h7-8H,3-6H2,1-2H3.